The third-order valence-corrected chi connectivity index (χ3v) is 6.16. The zero-order valence-corrected chi connectivity index (χ0v) is 18.0. The van der Waals surface area contributed by atoms with Crippen LogP contribution < -0.4 is 5.32 Å². The van der Waals surface area contributed by atoms with E-state index in [2.05, 4.69) is 10.3 Å². The molecular weight excluding hydrogens is 435 g/mol. The highest BCUT2D eigenvalue weighted by atomic mass is 35.5. The van der Waals surface area contributed by atoms with Gasteiger partial charge in [-0.15, -0.1) is 0 Å². The Kier molecular flexibility index (Phi) is 6.31. The third kappa shape index (κ3) is 5.38. The van der Waals surface area contributed by atoms with Crippen LogP contribution in [0.4, 0.5) is 5.69 Å². The summed E-state index contributed by atoms with van der Waals surface area (Å²) in [4.78, 5) is 16.5. The first-order chi connectivity index (χ1) is 13.6. The van der Waals surface area contributed by atoms with Crippen LogP contribution in [0.25, 0.3) is 11.5 Å². The fraction of sp³-hybridized carbons (Fsp3) is 0.200. The molecule has 9 heteroatoms. The summed E-state index contributed by atoms with van der Waals surface area (Å²) in [5, 5.41) is 3.10. The Morgan fingerprint density at radius 3 is 2.59 bits per heavy atom. The summed E-state index contributed by atoms with van der Waals surface area (Å²) in [6.07, 6.45) is 0. The predicted molar refractivity (Wildman–Crippen MR) is 114 cm³/mol. The van der Waals surface area contributed by atoms with Crippen LogP contribution in [0.5, 0.6) is 0 Å². The van der Waals surface area contributed by atoms with E-state index < -0.39 is 27.3 Å². The number of carbonyl (C=O) groups is 1. The van der Waals surface area contributed by atoms with Crippen LogP contribution in [-0.4, -0.2) is 25.1 Å². The molecule has 0 fully saturated rings. The van der Waals surface area contributed by atoms with Gasteiger partial charge in [0.2, 0.25) is 11.8 Å². The molecule has 1 heterocycles. The summed E-state index contributed by atoms with van der Waals surface area (Å²) in [5.41, 5.74) is 2.27. The number of hydrogen-bond donors (Lipinski definition) is 1. The first-order valence-corrected chi connectivity index (χ1v) is 11.2. The smallest absolute Gasteiger partial charge is 0.239 e. The van der Waals surface area contributed by atoms with Crippen LogP contribution in [0.15, 0.2) is 46.9 Å². The average Bonchev–Trinajstić information content (AvgIpc) is 2.97. The van der Waals surface area contributed by atoms with Crippen molar-refractivity contribution in [1.29, 1.82) is 0 Å². The van der Waals surface area contributed by atoms with Crippen LogP contribution in [0, 0.1) is 13.8 Å². The number of oxazole rings is 1. The molecule has 29 heavy (non-hydrogen) atoms. The third-order valence-electron chi connectivity index (χ3n) is 4.18. The Bertz CT molecular complexity index is 1170. The molecule has 1 amide bonds. The van der Waals surface area contributed by atoms with Crippen LogP contribution in [-0.2, 0) is 20.4 Å². The van der Waals surface area contributed by atoms with Crippen LogP contribution in [0.2, 0.25) is 10.0 Å². The van der Waals surface area contributed by atoms with Crippen molar-refractivity contribution in [1.82, 2.24) is 4.98 Å². The van der Waals surface area contributed by atoms with Crippen molar-refractivity contribution in [2.24, 2.45) is 0 Å². The van der Waals surface area contributed by atoms with E-state index in [1.807, 2.05) is 31.2 Å². The van der Waals surface area contributed by atoms with E-state index in [9.17, 15) is 13.2 Å². The first kappa shape index (κ1) is 21.4. The fourth-order valence-electron chi connectivity index (χ4n) is 2.73. The number of nitrogens with zero attached hydrogens (tertiary/aromatic N) is 1. The number of nitrogens with one attached hydrogen (secondary N) is 1. The number of benzene rings is 2. The van der Waals surface area contributed by atoms with Gasteiger partial charge in [0.25, 0.3) is 0 Å². The van der Waals surface area contributed by atoms with E-state index in [0.29, 0.717) is 16.7 Å². The van der Waals surface area contributed by atoms with Crippen molar-refractivity contribution in [3.05, 3.63) is 69.5 Å². The highest BCUT2D eigenvalue weighted by Crippen LogP contribution is 2.27. The van der Waals surface area contributed by atoms with Crippen molar-refractivity contribution in [3.8, 4) is 11.5 Å². The molecule has 0 atom stereocenters. The molecule has 2 aromatic carbocycles. The van der Waals surface area contributed by atoms with Crippen molar-refractivity contribution < 1.29 is 17.6 Å². The minimum absolute atomic E-state index is 0.249. The average molecular weight is 453 g/mol. The van der Waals surface area contributed by atoms with Crippen molar-refractivity contribution in [2.45, 2.75) is 19.6 Å². The van der Waals surface area contributed by atoms with Crippen LogP contribution >= 0.6 is 23.2 Å². The molecule has 1 aromatic heterocycles. The lowest BCUT2D eigenvalue weighted by atomic mass is 10.1. The lowest BCUT2D eigenvalue weighted by Crippen LogP contribution is -2.24. The zero-order valence-electron chi connectivity index (χ0n) is 15.7. The monoisotopic (exact) mass is 452 g/mol. The topological polar surface area (TPSA) is 89.3 Å². The van der Waals surface area contributed by atoms with Gasteiger partial charge in [-0.2, -0.15) is 0 Å². The Labute approximate surface area is 178 Å². The summed E-state index contributed by atoms with van der Waals surface area (Å²) < 4.78 is 30.7. The molecule has 0 saturated carbocycles. The standard InChI is InChI=1S/C20H18Cl2N2O4S/c1-12-5-3-4-6-15(12)20-24-18(13(2)28-20)10-29(26,27)11-19(25)23-17-9-14(21)7-8-16(17)22/h3-9H,10-11H2,1-2H3,(H,23,25). The quantitative estimate of drug-likeness (QED) is 0.578. The maximum atomic E-state index is 12.5. The number of sulfone groups is 1. The maximum Gasteiger partial charge on any atom is 0.239 e. The van der Waals surface area contributed by atoms with Gasteiger partial charge in [0, 0.05) is 10.6 Å². The molecule has 0 aliphatic heterocycles. The second kappa shape index (κ2) is 8.57. The molecule has 1 N–H and O–H groups in total. The van der Waals surface area contributed by atoms with Gasteiger partial charge in [-0.1, -0.05) is 41.4 Å². The predicted octanol–water partition coefficient (Wildman–Crippen LogP) is 4.82. The Morgan fingerprint density at radius 2 is 1.86 bits per heavy atom. The normalized spacial score (nSPS) is 11.4. The molecule has 0 aliphatic carbocycles. The molecule has 0 saturated heterocycles. The number of halogens is 2. The number of hydrogen-bond acceptors (Lipinski definition) is 5. The Balaban J connectivity index is 1.73. The second-order valence-corrected chi connectivity index (χ2v) is 9.45. The Hall–Kier alpha value is -2.35. The van der Waals surface area contributed by atoms with Crippen molar-refractivity contribution in [2.75, 3.05) is 11.1 Å². The van der Waals surface area contributed by atoms with Gasteiger partial charge in [-0.25, -0.2) is 13.4 Å². The first-order valence-electron chi connectivity index (χ1n) is 8.62. The summed E-state index contributed by atoms with van der Waals surface area (Å²) in [6.45, 7) is 3.56. The van der Waals surface area contributed by atoms with Gasteiger partial charge in [0.05, 0.1) is 22.2 Å². The Morgan fingerprint density at radius 1 is 1.14 bits per heavy atom. The number of aromatic nitrogens is 1. The number of anilines is 1. The van der Waals surface area contributed by atoms with Crippen molar-refractivity contribution in [3.63, 3.8) is 0 Å². The van der Waals surface area contributed by atoms with E-state index in [-0.39, 0.29) is 16.4 Å². The van der Waals surface area contributed by atoms with E-state index in [4.69, 9.17) is 27.6 Å². The summed E-state index contributed by atoms with van der Waals surface area (Å²) >= 11 is 11.9. The van der Waals surface area contributed by atoms with Crippen LogP contribution in [0.1, 0.15) is 17.0 Å². The zero-order chi connectivity index (χ0) is 21.2. The molecule has 0 spiro atoms. The van der Waals surface area contributed by atoms with Crippen molar-refractivity contribution >= 4 is 44.6 Å². The highest BCUT2D eigenvalue weighted by molar-refractivity contribution is 7.91. The highest BCUT2D eigenvalue weighted by Gasteiger charge is 2.23. The number of amides is 1. The lowest BCUT2D eigenvalue weighted by Gasteiger charge is -2.08. The van der Waals surface area contributed by atoms with E-state index in [1.54, 1.807) is 13.0 Å². The molecule has 3 rings (SSSR count). The minimum atomic E-state index is -3.79. The summed E-state index contributed by atoms with van der Waals surface area (Å²) in [7, 11) is -3.79. The van der Waals surface area contributed by atoms with Crippen LogP contribution in [0.3, 0.4) is 0 Å². The lowest BCUT2D eigenvalue weighted by molar-refractivity contribution is -0.113. The molecule has 0 bridgehead atoms. The van der Waals surface area contributed by atoms with Gasteiger partial charge in [-0.3, -0.25) is 4.79 Å². The van der Waals surface area contributed by atoms with Gasteiger partial charge in [0.15, 0.2) is 9.84 Å². The molecule has 0 unspecified atom stereocenters. The molecule has 152 valence electrons. The number of aryl methyl sites for hydroxylation is 2. The molecule has 0 radical (unpaired) electrons. The molecular formula is C20H18Cl2N2O4S. The maximum absolute atomic E-state index is 12.5. The number of carbonyl (C=O) groups excluding carboxylic acids is 1. The fourth-order valence-corrected chi connectivity index (χ4v) is 4.32. The van der Waals surface area contributed by atoms with E-state index in [1.165, 1.54) is 12.1 Å². The second-order valence-electron chi connectivity index (χ2n) is 6.54. The minimum Gasteiger partial charge on any atom is -0.441 e. The SMILES string of the molecule is Cc1ccccc1-c1nc(CS(=O)(=O)CC(=O)Nc2cc(Cl)ccc2Cl)c(C)o1. The number of rotatable bonds is 6. The van der Waals surface area contributed by atoms with E-state index in [0.717, 1.165) is 11.1 Å². The molecule has 0 aliphatic rings. The van der Waals surface area contributed by atoms with Gasteiger partial charge in [-0.05, 0) is 43.7 Å². The summed E-state index contributed by atoms with van der Waals surface area (Å²) in [6, 6.07) is 12.0. The van der Waals surface area contributed by atoms with Gasteiger partial charge in [0.1, 0.15) is 11.5 Å². The summed E-state index contributed by atoms with van der Waals surface area (Å²) in [5.74, 6) is -1.10. The molecule has 6 nitrogen and oxygen atoms in total. The van der Waals surface area contributed by atoms with Gasteiger partial charge < -0.3 is 9.73 Å². The molecule has 3 aromatic rings. The van der Waals surface area contributed by atoms with Gasteiger partial charge >= 0.3 is 0 Å². The largest absolute Gasteiger partial charge is 0.441 e. The van der Waals surface area contributed by atoms with E-state index >= 15 is 0 Å².